The Balaban J connectivity index is 0.00000169. The van der Waals surface area contributed by atoms with Crippen LogP contribution in [0.2, 0.25) is 0 Å². The molecule has 0 saturated heterocycles. The van der Waals surface area contributed by atoms with Gasteiger partial charge in [-0.1, -0.05) is 45.0 Å². The van der Waals surface area contributed by atoms with E-state index in [0.29, 0.717) is 0 Å². The Hall–Kier alpha value is -0.544. The van der Waals surface area contributed by atoms with E-state index < -0.39 is 5.97 Å². The predicted molar refractivity (Wildman–Crippen MR) is 55.2 cm³/mol. The average molecular weight is 202 g/mol. The number of hydrogen-bond donors (Lipinski definition) is 0. The van der Waals surface area contributed by atoms with Gasteiger partial charge in [0.25, 0.3) is 0 Å². The molecule has 0 atom stereocenters. The molecule has 0 fully saturated rings. The fraction of sp³-hybridized carbons (Fsp3) is 0.364. The van der Waals surface area contributed by atoms with E-state index in [2.05, 4.69) is 20.8 Å². The minimum absolute atomic E-state index is 0. The van der Waals surface area contributed by atoms with Crippen LogP contribution in [0.25, 0.3) is 0 Å². The molecule has 2 nitrogen and oxygen atoms in total. The van der Waals surface area contributed by atoms with Gasteiger partial charge in [-0.25, -0.2) is 0 Å². The molecule has 1 aromatic carbocycles. The first-order chi connectivity index (χ1) is 5.91. The van der Waals surface area contributed by atoms with Crippen molar-refractivity contribution in [1.29, 1.82) is 0 Å². The Morgan fingerprint density at radius 1 is 1.14 bits per heavy atom. The van der Waals surface area contributed by atoms with E-state index in [4.69, 9.17) is 0 Å². The summed E-state index contributed by atoms with van der Waals surface area (Å²) in [6.07, 6.45) is 0. The van der Waals surface area contributed by atoms with E-state index in [1.807, 2.05) is 12.1 Å². The molecule has 0 N–H and O–H groups in total. The average Bonchev–Trinajstić information content (AvgIpc) is 2.03. The van der Waals surface area contributed by atoms with E-state index in [9.17, 15) is 9.90 Å². The molecule has 3 heteroatoms. The molecule has 14 heavy (non-hydrogen) atoms. The second kappa shape index (κ2) is 4.80. The number of benzene rings is 1. The van der Waals surface area contributed by atoms with Gasteiger partial charge in [0.15, 0.2) is 0 Å². The number of rotatable bonds is 1. The fourth-order valence-corrected chi connectivity index (χ4v) is 1.11. The summed E-state index contributed by atoms with van der Waals surface area (Å²) in [5.74, 6) is -1.12. The quantitative estimate of drug-likeness (QED) is 0.635. The molecule has 1 aromatic rings. The van der Waals surface area contributed by atoms with E-state index >= 15 is 0 Å². The molecule has 0 aliphatic rings. The Bertz CT molecular complexity index is 309. The van der Waals surface area contributed by atoms with Crippen LogP contribution in [0.1, 0.15) is 36.7 Å². The molecule has 0 aliphatic heterocycles. The monoisotopic (exact) mass is 201 g/mol. The topological polar surface area (TPSA) is 40.1 Å². The molecule has 70 valence electrons. The second-order valence-electron chi connectivity index (χ2n) is 4.11. The number of aromatic carboxylic acids is 1. The van der Waals surface area contributed by atoms with Crippen molar-refractivity contribution in [3.05, 3.63) is 35.4 Å². The van der Waals surface area contributed by atoms with Crippen molar-refractivity contribution in [3.63, 3.8) is 0 Å². The minimum atomic E-state index is -1.12. The van der Waals surface area contributed by atoms with Crippen molar-refractivity contribution < 1.29 is 9.90 Å². The third kappa shape index (κ3) is 3.31. The Labute approximate surface area is 100 Å². The van der Waals surface area contributed by atoms with Crippen LogP contribution < -0.4 is 5.11 Å². The normalized spacial score (nSPS) is 10.5. The van der Waals surface area contributed by atoms with Crippen LogP contribution in [0.4, 0.5) is 0 Å². The van der Waals surface area contributed by atoms with Crippen LogP contribution in [0.3, 0.4) is 0 Å². The Morgan fingerprint density at radius 2 is 1.57 bits per heavy atom. The summed E-state index contributed by atoms with van der Waals surface area (Å²) >= 11 is 0. The zero-order chi connectivity index (χ0) is 10.1. The number of hydrogen-bond acceptors (Lipinski definition) is 2. The van der Waals surface area contributed by atoms with Crippen molar-refractivity contribution >= 4 is 29.0 Å². The van der Waals surface area contributed by atoms with E-state index in [0.717, 1.165) is 5.56 Å². The molecule has 0 bridgehead atoms. The zero-order valence-corrected chi connectivity index (χ0v) is 10.2. The summed E-state index contributed by atoms with van der Waals surface area (Å²) < 4.78 is 0. The van der Waals surface area contributed by atoms with Crippen LogP contribution in [0.5, 0.6) is 0 Å². The van der Waals surface area contributed by atoms with Crippen LogP contribution in [0, 0.1) is 0 Å². The van der Waals surface area contributed by atoms with E-state index in [-0.39, 0.29) is 34.0 Å². The molecule has 0 aliphatic carbocycles. The first-order valence-electron chi connectivity index (χ1n) is 4.23. The number of carbonyl (C=O) groups is 1. The van der Waals surface area contributed by atoms with E-state index in [1.165, 1.54) is 0 Å². The predicted octanol–water partition coefficient (Wildman–Crippen LogP) is 0.967. The second-order valence-corrected chi connectivity index (χ2v) is 4.11. The largest absolute Gasteiger partial charge is 2.00 e. The summed E-state index contributed by atoms with van der Waals surface area (Å²) in [7, 11) is 0. The molecular formula is C11H13MgO2+. The summed E-state index contributed by atoms with van der Waals surface area (Å²) in [5.41, 5.74) is 1.41. The van der Waals surface area contributed by atoms with Gasteiger partial charge in [-0.2, -0.15) is 0 Å². The van der Waals surface area contributed by atoms with Crippen molar-refractivity contribution in [3.8, 4) is 0 Å². The molecule has 0 heterocycles. The Kier molecular flexibility index (Phi) is 4.61. The van der Waals surface area contributed by atoms with Gasteiger partial charge in [-0.05, 0) is 16.5 Å². The van der Waals surface area contributed by atoms with Crippen LogP contribution >= 0.6 is 0 Å². The Morgan fingerprint density at radius 3 is 1.86 bits per heavy atom. The summed E-state index contributed by atoms with van der Waals surface area (Å²) in [5, 5.41) is 10.5. The third-order valence-corrected chi connectivity index (χ3v) is 1.99. The van der Waals surface area contributed by atoms with Crippen LogP contribution in [0.15, 0.2) is 24.3 Å². The SMILES string of the molecule is CC(C)(C)c1ccc(C(=O)[O-])cc1.[Mg+2]. The van der Waals surface area contributed by atoms with Crippen LogP contribution in [-0.4, -0.2) is 29.0 Å². The minimum Gasteiger partial charge on any atom is -0.545 e. The summed E-state index contributed by atoms with van der Waals surface area (Å²) in [6.45, 7) is 6.25. The van der Waals surface area contributed by atoms with Gasteiger partial charge in [-0.15, -0.1) is 0 Å². The van der Waals surface area contributed by atoms with Crippen molar-refractivity contribution in [2.75, 3.05) is 0 Å². The van der Waals surface area contributed by atoms with Crippen molar-refractivity contribution in [2.45, 2.75) is 26.2 Å². The molecule has 0 unspecified atom stereocenters. The molecule has 0 radical (unpaired) electrons. The van der Waals surface area contributed by atoms with Gasteiger partial charge in [0.2, 0.25) is 0 Å². The summed E-state index contributed by atoms with van der Waals surface area (Å²) in [6, 6.07) is 6.81. The maximum Gasteiger partial charge on any atom is 2.00 e. The molecule has 0 saturated carbocycles. The van der Waals surface area contributed by atoms with Crippen LogP contribution in [-0.2, 0) is 5.41 Å². The molecule has 1 rings (SSSR count). The molecule has 0 aromatic heterocycles. The smallest absolute Gasteiger partial charge is 0.545 e. The number of carbonyl (C=O) groups excluding carboxylic acids is 1. The zero-order valence-electron chi connectivity index (χ0n) is 8.83. The van der Waals surface area contributed by atoms with Gasteiger partial charge in [0, 0.05) is 0 Å². The standard InChI is InChI=1S/C11H14O2.Mg/c1-11(2,3)9-6-4-8(5-7-9)10(12)13;/h4-7H,1-3H3,(H,12,13);/q;+2/p-1. The maximum absolute atomic E-state index is 10.5. The van der Waals surface area contributed by atoms with E-state index in [1.54, 1.807) is 12.1 Å². The first-order valence-corrected chi connectivity index (χ1v) is 4.23. The summed E-state index contributed by atoms with van der Waals surface area (Å²) in [4.78, 5) is 10.5. The van der Waals surface area contributed by atoms with Gasteiger partial charge in [0.1, 0.15) is 0 Å². The third-order valence-electron chi connectivity index (χ3n) is 1.99. The number of carboxylic acid groups (broad SMARTS) is 1. The van der Waals surface area contributed by atoms with Crippen molar-refractivity contribution in [1.82, 2.24) is 0 Å². The first kappa shape index (κ1) is 13.5. The molecule has 0 amide bonds. The van der Waals surface area contributed by atoms with Crippen molar-refractivity contribution in [2.24, 2.45) is 0 Å². The number of carboxylic acids is 1. The van der Waals surface area contributed by atoms with Gasteiger partial charge < -0.3 is 9.90 Å². The van der Waals surface area contributed by atoms with Gasteiger partial charge in [-0.3, -0.25) is 0 Å². The fourth-order valence-electron chi connectivity index (χ4n) is 1.11. The van der Waals surface area contributed by atoms with Gasteiger partial charge in [0.05, 0.1) is 5.97 Å². The molecule has 0 spiro atoms. The van der Waals surface area contributed by atoms with Gasteiger partial charge >= 0.3 is 23.1 Å². The maximum atomic E-state index is 10.5. The molecular weight excluding hydrogens is 188 g/mol.